The summed E-state index contributed by atoms with van der Waals surface area (Å²) in [7, 11) is 1.54. The van der Waals surface area contributed by atoms with Crippen LogP contribution >= 0.6 is 0 Å². The maximum atomic E-state index is 11.9. The second-order valence-corrected chi connectivity index (χ2v) is 4.14. The number of fused-ring (bicyclic) bond motifs is 1. The van der Waals surface area contributed by atoms with Crippen molar-refractivity contribution in [2.45, 2.75) is 13.0 Å². The number of aliphatic carboxylic acids is 1. The molecular formula is C13H14N2O4. The second-order valence-electron chi connectivity index (χ2n) is 4.14. The second kappa shape index (κ2) is 5.01. The predicted molar refractivity (Wildman–Crippen MR) is 69.4 cm³/mol. The molecule has 0 saturated carbocycles. The molecule has 6 heteroatoms. The van der Waals surface area contributed by atoms with Gasteiger partial charge in [-0.1, -0.05) is 12.1 Å². The first-order valence-corrected chi connectivity index (χ1v) is 5.72. The summed E-state index contributed by atoms with van der Waals surface area (Å²) in [6.07, 6.45) is 0. The Morgan fingerprint density at radius 1 is 1.42 bits per heavy atom. The van der Waals surface area contributed by atoms with Crippen molar-refractivity contribution in [3.63, 3.8) is 0 Å². The molecule has 0 aliphatic carbocycles. The van der Waals surface area contributed by atoms with E-state index < -0.39 is 17.9 Å². The number of hydrogen-bond acceptors (Lipinski definition) is 3. The van der Waals surface area contributed by atoms with E-state index >= 15 is 0 Å². The molecule has 2 rings (SSSR count). The average molecular weight is 262 g/mol. The number of carbonyl (C=O) groups is 2. The highest BCUT2D eigenvalue weighted by molar-refractivity contribution is 6.00. The molecule has 0 aliphatic heterocycles. The lowest BCUT2D eigenvalue weighted by Gasteiger charge is -2.07. The van der Waals surface area contributed by atoms with Crippen molar-refractivity contribution in [2.24, 2.45) is 0 Å². The maximum Gasteiger partial charge on any atom is 0.325 e. The Hall–Kier alpha value is -2.50. The molecule has 0 bridgehead atoms. The summed E-state index contributed by atoms with van der Waals surface area (Å²) < 4.78 is 5.18. The number of ether oxygens (including phenoxy) is 1. The summed E-state index contributed by atoms with van der Waals surface area (Å²) in [4.78, 5) is 25.5. The molecule has 0 saturated heterocycles. The Bertz CT molecular complexity index is 633. The zero-order valence-electron chi connectivity index (χ0n) is 10.6. The number of benzene rings is 1. The number of aromatic nitrogens is 1. The average Bonchev–Trinajstić information content (AvgIpc) is 2.82. The highest BCUT2D eigenvalue weighted by atomic mass is 16.5. The minimum absolute atomic E-state index is 0.299. The van der Waals surface area contributed by atoms with Crippen molar-refractivity contribution < 1.29 is 19.4 Å². The number of amides is 1. The van der Waals surface area contributed by atoms with Crippen molar-refractivity contribution in [3.05, 3.63) is 30.0 Å². The van der Waals surface area contributed by atoms with Gasteiger partial charge in [-0.25, -0.2) is 0 Å². The van der Waals surface area contributed by atoms with Crippen LogP contribution < -0.4 is 10.1 Å². The van der Waals surface area contributed by atoms with Crippen molar-refractivity contribution in [1.82, 2.24) is 10.3 Å². The number of nitrogens with one attached hydrogen (secondary N) is 2. The topological polar surface area (TPSA) is 91.4 Å². The maximum absolute atomic E-state index is 11.9. The lowest BCUT2D eigenvalue weighted by atomic mass is 10.2. The van der Waals surface area contributed by atoms with Crippen LogP contribution in [-0.2, 0) is 4.79 Å². The third-order valence-corrected chi connectivity index (χ3v) is 2.80. The van der Waals surface area contributed by atoms with Gasteiger partial charge >= 0.3 is 5.97 Å². The highest BCUT2D eigenvalue weighted by Crippen LogP contribution is 2.25. The molecule has 1 aromatic heterocycles. The summed E-state index contributed by atoms with van der Waals surface area (Å²) in [6, 6.07) is 6.14. The number of para-hydroxylation sites is 1. The van der Waals surface area contributed by atoms with Crippen LogP contribution in [0, 0.1) is 0 Å². The number of carboxylic acid groups (broad SMARTS) is 1. The van der Waals surface area contributed by atoms with E-state index in [1.165, 1.54) is 6.92 Å². The first kappa shape index (κ1) is 12.9. The lowest BCUT2D eigenvalue weighted by molar-refractivity contribution is -0.138. The Morgan fingerprint density at radius 2 is 2.16 bits per heavy atom. The van der Waals surface area contributed by atoms with E-state index in [1.807, 2.05) is 12.1 Å². The number of carboxylic acids is 1. The van der Waals surface area contributed by atoms with Crippen LogP contribution in [0.15, 0.2) is 24.3 Å². The highest BCUT2D eigenvalue weighted by Gasteiger charge is 2.17. The fourth-order valence-electron chi connectivity index (χ4n) is 1.76. The first-order valence-electron chi connectivity index (χ1n) is 5.72. The number of methoxy groups -OCH3 is 1. The first-order chi connectivity index (χ1) is 9.02. The lowest BCUT2D eigenvalue weighted by Crippen LogP contribution is -2.38. The quantitative estimate of drug-likeness (QED) is 0.776. The molecule has 2 aromatic rings. The van der Waals surface area contributed by atoms with Crippen LogP contribution in [-0.4, -0.2) is 35.1 Å². The fourth-order valence-corrected chi connectivity index (χ4v) is 1.76. The van der Waals surface area contributed by atoms with Gasteiger partial charge < -0.3 is 20.1 Å². The molecule has 1 heterocycles. The molecule has 1 amide bonds. The third kappa shape index (κ3) is 2.52. The smallest absolute Gasteiger partial charge is 0.325 e. The number of aromatic amines is 1. The van der Waals surface area contributed by atoms with E-state index in [9.17, 15) is 9.59 Å². The standard InChI is InChI=1S/C13H14N2O4/c1-7(13(17)18)14-12(16)9-6-8-4-3-5-10(19-2)11(8)15-9/h3-7,15H,1-2H3,(H,14,16)(H,17,18)/t7-/m0/s1. The number of rotatable bonds is 4. The summed E-state index contributed by atoms with van der Waals surface area (Å²) in [6.45, 7) is 1.41. The van der Waals surface area contributed by atoms with E-state index in [2.05, 4.69) is 10.3 Å². The Morgan fingerprint density at radius 3 is 2.79 bits per heavy atom. The molecule has 0 fully saturated rings. The van der Waals surface area contributed by atoms with Gasteiger partial charge in [0.25, 0.3) is 5.91 Å². The summed E-state index contributed by atoms with van der Waals surface area (Å²) in [5.74, 6) is -0.918. The van der Waals surface area contributed by atoms with E-state index in [0.717, 1.165) is 5.39 Å². The molecule has 100 valence electrons. The molecule has 19 heavy (non-hydrogen) atoms. The summed E-state index contributed by atoms with van der Waals surface area (Å²) in [5.41, 5.74) is 1.01. The van der Waals surface area contributed by atoms with Gasteiger partial charge in [0.1, 0.15) is 17.5 Å². The van der Waals surface area contributed by atoms with Crippen molar-refractivity contribution in [1.29, 1.82) is 0 Å². The van der Waals surface area contributed by atoms with Crippen LogP contribution in [0.4, 0.5) is 0 Å². The minimum Gasteiger partial charge on any atom is -0.495 e. The van der Waals surface area contributed by atoms with E-state index in [4.69, 9.17) is 9.84 Å². The molecule has 1 atom stereocenters. The normalized spacial score (nSPS) is 12.1. The largest absolute Gasteiger partial charge is 0.495 e. The summed E-state index contributed by atoms with van der Waals surface area (Å²) in [5, 5.41) is 12.0. The van der Waals surface area contributed by atoms with Crippen LogP contribution in [0.5, 0.6) is 5.75 Å². The van der Waals surface area contributed by atoms with Gasteiger partial charge in [0.15, 0.2) is 0 Å². The van der Waals surface area contributed by atoms with Gasteiger partial charge in [0.2, 0.25) is 0 Å². The van der Waals surface area contributed by atoms with Gasteiger partial charge in [-0.05, 0) is 19.1 Å². The van der Waals surface area contributed by atoms with Crippen molar-refractivity contribution in [3.8, 4) is 5.75 Å². The molecule has 0 radical (unpaired) electrons. The number of H-pyrrole nitrogens is 1. The predicted octanol–water partition coefficient (Wildman–Crippen LogP) is 1.38. The van der Waals surface area contributed by atoms with Crippen molar-refractivity contribution >= 4 is 22.8 Å². The zero-order valence-corrected chi connectivity index (χ0v) is 10.6. The zero-order chi connectivity index (χ0) is 14.0. The summed E-state index contributed by atoms with van der Waals surface area (Å²) >= 11 is 0. The van der Waals surface area contributed by atoms with Gasteiger partial charge in [-0.15, -0.1) is 0 Å². The van der Waals surface area contributed by atoms with Crippen LogP contribution in [0.1, 0.15) is 17.4 Å². The van der Waals surface area contributed by atoms with Crippen LogP contribution in [0.3, 0.4) is 0 Å². The SMILES string of the molecule is COc1cccc2cc(C(=O)N[C@@H](C)C(=O)O)[nH]c12. The fraction of sp³-hybridized carbons (Fsp3) is 0.231. The van der Waals surface area contributed by atoms with Gasteiger partial charge in [-0.3, -0.25) is 9.59 Å². The molecule has 0 spiro atoms. The minimum atomic E-state index is -1.08. The van der Waals surface area contributed by atoms with Gasteiger partial charge in [-0.2, -0.15) is 0 Å². The Labute approximate surface area is 109 Å². The molecule has 0 unspecified atom stereocenters. The molecule has 6 nitrogen and oxygen atoms in total. The monoisotopic (exact) mass is 262 g/mol. The van der Waals surface area contributed by atoms with Crippen molar-refractivity contribution in [2.75, 3.05) is 7.11 Å². The number of carbonyl (C=O) groups excluding carboxylic acids is 1. The third-order valence-electron chi connectivity index (χ3n) is 2.80. The van der Waals surface area contributed by atoms with E-state index in [1.54, 1.807) is 19.2 Å². The Balaban J connectivity index is 2.31. The van der Waals surface area contributed by atoms with Gasteiger partial charge in [0, 0.05) is 5.39 Å². The van der Waals surface area contributed by atoms with E-state index in [-0.39, 0.29) is 0 Å². The van der Waals surface area contributed by atoms with Gasteiger partial charge in [0.05, 0.1) is 12.6 Å². The molecule has 0 aliphatic rings. The molecule has 3 N–H and O–H groups in total. The Kier molecular flexibility index (Phi) is 3.41. The van der Waals surface area contributed by atoms with E-state index in [0.29, 0.717) is 17.0 Å². The molecule has 1 aromatic carbocycles. The number of hydrogen-bond donors (Lipinski definition) is 3. The van der Waals surface area contributed by atoms with Crippen LogP contribution in [0.25, 0.3) is 10.9 Å². The molecular weight excluding hydrogens is 248 g/mol. The van der Waals surface area contributed by atoms with Crippen LogP contribution in [0.2, 0.25) is 0 Å².